The molecule has 0 heterocycles. The molecule has 3 heteroatoms. The predicted octanol–water partition coefficient (Wildman–Crippen LogP) is 3.20. The van der Waals surface area contributed by atoms with Crippen LogP contribution in [0, 0.1) is 26.7 Å². The molecule has 0 saturated heterocycles. The van der Waals surface area contributed by atoms with Crippen LogP contribution in [0.15, 0.2) is 12.1 Å². The van der Waals surface area contributed by atoms with Crippen LogP contribution in [-0.4, -0.2) is 17.1 Å². The van der Waals surface area contributed by atoms with Gasteiger partial charge in [-0.1, -0.05) is 38.0 Å². The molecule has 3 nitrogen and oxygen atoms in total. The zero-order valence-electron chi connectivity index (χ0n) is 12.6. The zero-order valence-corrected chi connectivity index (χ0v) is 12.6. The first-order valence-electron chi connectivity index (χ1n) is 6.89. The molecule has 0 aliphatic rings. The van der Waals surface area contributed by atoms with E-state index in [4.69, 9.17) is 0 Å². The number of hydrogen-bond acceptors (Lipinski definition) is 2. The number of carbonyl (C=O) groups is 1. The van der Waals surface area contributed by atoms with Crippen molar-refractivity contribution in [2.45, 2.75) is 53.6 Å². The fourth-order valence-corrected chi connectivity index (χ4v) is 2.47. The molecule has 0 bridgehead atoms. The highest BCUT2D eigenvalue weighted by Crippen LogP contribution is 2.17. The van der Waals surface area contributed by atoms with Gasteiger partial charge in [0, 0.05) is 6.54 Å². The van der Waals surface area contributed by atoms with Gasteiger partial charge in [-0.3, -0.25) is 4.79 Å². The maximum atomic E-state index is 11.3. The minimum absolute atomic E-state index is 0.128. The molecule has 0 aromatic heterocycles. The van der Waals surface area contributed by atoms with Gasteiger partial charge in [0.05, 0.1) is 0 Å². The van der Waals surface area contributed by atoms with Crippen molar-refractivity contribution in [3.05, 3.63) is 34.4 Å². The lowest BCUT2D eigenvalue weighted by molar-refractivity contribution is -0.140. The largest absolute Gasteiger partial charge is 0.480 e. The second-order valence-electron chi connectivity index (χ2n) is 5.46. The maximum Gasteiger partial charge on any atom is 0.320 e. The smallest absolute Gasteiger partial charge is 0.320 e. The number of carboxylic acids is 1. The Kier molecular flexibility index (Phi) is 5.55. The number of aryl methyl sites for hydroxylation is 3. The number of carboxylic acid groups (broad SMARTS) is 1. The van der Waals surface area contributed by atoms with Gasteiger partial charge in [0.1, 0.15) is 6.04 Å². The molecule has 1 rings (SSSR count). The Morgan fingerprint density at radius 3 is 2.21 bits per heavy atom. The number of nitrogens with one attached hydrogen (secondary N) is 1. The summed E-state index contributed by atoms with van der Waals surface area (Å²) in [4.78, 5) is 11.3. The van der Waals surface area contributed by atoms with Crippen LogP contribution in [0.1, 0.15) is 42.5 Å². The molecule has 0 spiro atoms. The van der Waals surface area contributed by atoms with Gasteiger partial charge in [0.25, 0.3) is 0 Å². The monoisotopic (exact) mass is 263 g/mol. The van der Waals surface area contributed by atoms with E-state index in [0.717, 1.165) is 6.42 Å². The Morgan fingerprint density at radius 2 is 1.79 bits per heavy atom. The second-order valence-corrected chi connectivity index (χ2v) is 5.46. The van der Waals surface area contributed by atoms with E-state index in [9.17, 15) is 9.90 Å². The molecule has 0 amide bonds. The van der Waals surface area contributed by atoms with Gasteiger partial charge in [0.15, 0.2) is 0 Å². The zero-order chi connectivity index (χ0) is 14.6. The van der Waals surface area contributed by atoms with Gasteiger partial charge in [0.2, 0.25) is 0 Å². The molecule has 1 aromatic carbocycles. The highest BCUT2D eigenvalue weighted by Gasteiger charge is 2.22. The Balaban J connectivity index is 2.83. The third kappa shape index (κ3) is 4.06. The standard InChI is InChI=1S/C16H25NO2/c1-6-11(3)15(16(18)19)17-9-14-12(4)7-10(2)8-13(14)5/h7-8,11,15,17H,6,9H2,1-5H3,(H,18,19)/t11-,15-/m0/s1. The van der Waals surface area contributed by atoms with E-state index < -0.39 is 12.0 Å². The molecule has 0 fully saturated rings. The van der Waals surface area contributed by atoms with Crippen molar-refractivity contribution in [2.75, 3.05) is 0 Å². The summed E-state index contributed by atoms with van der Waals surface area (Å²) in [6.07, 6.45) is 0.857. The molecule has 0 unspecified atom stereocenters. The normalized spacial score (nSPS) is 14.2. The van der Waals surface area contributed by atoms with Crippen molar-refractivity contribution in [1.82, 2.24) is 5.32 Å². The molecule has 0 saturated carbocycles. The molecule has 0 aliphatic carbocycles. The van der Waals surface area contributed by atoms with Gasteiger partial charge < -0.3 is 10.4 Å². The third-order valence-electron chi connectivity index (χ3n) is 3.82. The highest BCUT2D eigenvalue weighted by atomic mass is 16.4. The van der Waals surface area contributed by atoms with Crippen molar-refractivity contribution in [1.29, 1.82) is 0 Å². The van der Waals surface area contributed by atoms with Crippen LogP contribution in [0.3, 0.4) is 0 Å². The minimum atomic E-state index is -0.767. The molecular formula is C16H25NO2. The van der Waals surface area contributed by atoms with Gasteiger partial charge in [-0.25, -0.2) is 0 Å². The van der Waals surface area contributed by atoms with E-state index >= 15 is 0 Å². The lowest BCUT2D eigenvalue weighted by Gasteiger charge is -2.21. The van der Waals surface area contributed by atoms with Crippen LogP contribution in [-0.2, 0) is 11.3 Å². The molecule has 106 valence electrons. The topological polar surface area (TPSA) is 49.3 Å². The van der Waals surface area contributed by atoms with E-state index in [2.05, 4.69) is 38.2 Å². The molecule has 0 radical (unpaired) electrons. The summed E-state index contributed by atoms with van der Waals surface area (Å²) >= 11 is 0. The van der Waals surface area contributed by atoms with Crippen molar-refractivity contribution >= 4 is 5.97 Å². The maximum absolute atomic E-state index is 11.3. The lowest BCUT2D eigenvalue weighted by atomic mass is 9.96. The van der Waals surface area contributed by atoms with Crippen molar-refractivity contribution < 1.29 is 9.90 Å². The first-order chi connectivity index (χ1) is 8.86. The Labute approximate surface area is 116 Å². The molecular weight excluding hydrogens is 238 g/mol. The summed E-state index contributed by atoms with van der Waals surface area (Å²) in [5.41, 5.74) is 4.90. The van der Waals surface area contributed by atoms with Crippen LogP contribution >= 0.6 is 0 Å². The van der Waals surface area contributed by atoms with Crippen LogP contribution in [0.2, 0.25) is 0 Å². The summed E-state index contributed by atoms with van der Waals surface area (Å²) in [7, 11) is 0. The Bertz CT molecular complexity index is 431. The first kappa shape index (κ1) is 15.7. The van der Waals surface area contributed by atoms with E-state index in [1.54, 1.807) is 0 Å². The molecule has 19 heavy (non-hydrogen) atoms. The number of aliphatic carboxylic acids is 1. The Morgan fingerprint density at radius 1 is 1.26 bits per heavy atom. The average molecular weight is 263 g/mol. The average Bonchev–Trinajstić information content (AvgIpc) is 2.31. The minimum Gasteiger partial charge on any atom is -0.480 e. The summed E-state index contributed by atoms with van der Waals surface area (Å²) < 4.78 is 0. The predicted molar refractivity (Wildman–Crippen MR) is 78.4 cm³/mol. The number of hydrogen-bond donors (Lipinski definition) is 2. The molecule has 2 atom stereocenters. The van der Waals surface area contributed by atoms with Crippen LogP contribution in [0.4, 0.5) is 0 Å². The third-order valence-corrected chi connectivity index (χ3v) is 3.82. The highest BCUT2D eigenvalue weighted by molar-refractivity contribution is 5.73. The summed E-state index contributed by atoms with van der Waals surface area (Å²) in [5.74, 6) is -0.639. The SMILES string of the molecule is CC[C@H](C)[C@H](NCc1c(C)cc(C)cc1C)C(=O)O. The van der Waals surface area contributed by atoms with Gasteiger partial charge in [-0.15, -0.1) is 0 Å². The van der Waals surface area contributed by atoms with Crippen molar-refractivity contribution in [3.8, 4) is 0 Å². The molecule has 1 aromatic rings. The van der Waals surface area contributed by atoms with Crippen LogP contribution in [0.5, 0.6) is 0 Å². The second kappa shape index (κ2) is 6.71. The summed E-state index contributed by atoms with van der Waals surface area (Å²) in [6, 6.07) is 3.80. The number of rotatable bonds is 6. The van der Waals surface area contributed by atoms with Crippen LogP contribution in [0.25, 0.3) is 0 Å². The molecule has 2 N–H and O–H groups in total. The number of benzene rings is 1. The summed E-state index contributed by atoms with van der Waals surface area (Å²) in [6.45, 7) is 10.8. The van der Waals surface area contributed by atoms with Gasteiger partial charge >= 0.3 is 5.97 Å². The van der Waals surface area contributed by atoms with Crippen molar-refractivity contribution in [2.24, 2.45) is 5.92 Å². The Hall–Kier alpha value is -1.35. The first-order valence-corrected chi connectivity index (χ1v) is 6.89. The van der Waals surface area contributed by atoms with Crippen LogP contribution < -0.4 is 5.32 Å². The summed E-state index contributed by atoms with van der Waals surface area (Å²) in [5, 5.41) is 12.5. The quantitative estimate of drug-likeness (QED) is 0.828. The van der Waals surface area contributed by atoms with E-state index in [0.29, 0.717) is 6.54 Å². The van der Waals surface area contributed by atoms with Gasteiger partial charge in [-0.2, -0.15) is 0 Å². The fraction of sp³-hybridized carbons (Fsp3) is 0.562. The van der Waals surface area contributed by atoms with E-state index in [1.165, 1.54) is 22.3 Å². The van der Waals surface area contributed by atoms with E-state index in [1.807, 2.05) is 13.8 Å². The lowest BCUT2D eigenvalue weighted by Crippen LogP contribution is -2.41. The molecule has 0 aliphatic heterocycles. The fourth-order valence-electron chi connectivity index (χ4n) is 2.47. The van der Waals surface area contributed by atoms with E-state index in [-0.39, 0.29) is 5.92 Å². The van der Waals surface area contributed by atoms with Crippen molar-refractivity contribution in [3.63, 3.8) is 0 Å². The van der Waals surface area contributed by atoms with Gasteiger partial charge in [-0.05, 0) is 43.4 Å².